The molecule has 1 aliphatic rings. The summed E-state index contributed by atoms with van der Waals surface area (Å²) in [5.74, 6) is -2.50. The van der Waals surface area contributed by atoms with E-state index in [2.05, 4.69) is 15.0 Å². The summed E-state index contributed by atoms with van der Waals surface area (Å²) in [6, 6.07) is 14.5. The van der Waals surface area contributed by atoms with E-state index in [9.17, 15) is 18.0 Å². The molecule has 5 aromatic rings. The maximum Gasteiger partial charge on any atom is 0.306 e. The van der Waals surface area contributed by atoms with E-state index in [4.69, 9.17) is 9.47 Å². The zero-order valence-corrected chi connectivity index (χ0v) is 28.8. The Morgan fingerprint density at radius 2 is 1.92 bits per heavy atom. The van der Waals surface area contributed by atoms with Crippen molar-refractivity contribution >= 4 is 32.6 Å². The number of H-pyrrole nitrogens is 2. The number of nitrogens with zero attached hydrogens (tertiary/aromatic N) is 2. The lowest BCUT2D eigenvalue weighted by molar-refractivity contribution is -0.143. The molecule has 0 spiro atoms. The summed E-state index contributed by atoms with van der Waals surface area (Å²) in [7, 11) is -2.18. The zero-order chi connectivity index (χ0) is 35.6. The van der Waals surface area contributed by atoms with Crippen molar-refractivity contribution in [3.63, 3.8) is 0 Å². The monoisotopic (exact) mass is 704 g/mol. The first-order chi connectivity index (χ1) is 23.9. The molecule has 2 aromatic heterocycles. The molecule has 1 aliphatic heterocycles. The van der Waals surface area contributed by atoms with Gasteiger partial charge in [0.1, 0.15) is 17.4 Å². The Hall–Kier alpha value is -5.04. The first-order valence-corrected chi connectivity index (χ1v) is 18.2. The van der Waals surface area contributed by atoms with Crippen LogP contribution in [0.25, 0.3) is 22.3 Å². The number of likely N-dealkylation sites (N-methyl/N-ethyl adjacent to an activating group) is 1. The number of hydrogen-bond acceptors (Lipinski definition) is 7. The first kappa shape index (κ1) is 34.8. The van der Waals surface area contributed by atoms with Crippen molar-refractivity contribution in [1.82, 2.24) is 19.9 Å². The predicted molar refractivity (Wildman–Crippen MR) is 185 cm³/mol. The van der Waals surface area contributed by atoms with Crippen LogP contribution in [0.15, 0.2) is 67.0 Å². The molecule has 2 N–H and O–H groups in total. The number of aromatic amines is 2. The molecule has 50 heavy (non-hydrogen) atoms. The van der Waals surface area contributed by atoms with E-state index in [-0.39, 0.29) is 78.3 Å². The number of amides is 1. The molecule has 0 aliphatic carbocycles. The Bertz CT molecular complexity index is 2180. The highest BCUT2D eigenvalue weighted by Gasteiger charge is 2.34. The molecule has 262 valence electrons. The number of rotatable bonds is 5. The summed E-state index contributed by atoms with van der Waals surface area (Å²) in [4.78, 5) is 37.5. The average molecular weight is 705 g/mol. The van der Waals surface area contributed by atoms with Crippen LogP contribution in [0.2, 0.25) is 0 Å². The normalized spacial score (nSPS) is 18.2. The van der Waals surface area contributed by atoms with Crippen LogP contribution in [-0.2, 0) is 42.4 Å². The van der Waals surface area contributed by atoms with Crippen LogP contribution in [0.5, 0.6) is 11.5 Å². The lowest BCUT2D eigenvalue weighted by Gasteiger charge is -2.30. The van der Waals surface area contributed by atoms with Gasteiger partial charge in [-0.2, -0.15) is 0 Å². The van der Waals surface area contributed by atoms with Gasteiger partial charge in [-0.25, -0.2) is 22.2 Å². The molecule has 3 aromatic carbocycles. The number of benzene rings is 3. The molecular weight excluding hydrogens is 666 g/mol. The largest absolute Gasteiger partial charge is 0.466 e. The van der Waals surface area contributed by atoms with Crippen molar-refractivity contribution in [3.05, 3.63) is 101 Å². The standard InChI is InChI=1S/C37H38F2N4O6S/c1-4-48-34(45)11-8-23-6-5-7-24(18-23)37(2)13-16-50(46,47)17-15-43(3)33(44)20-27-26-12-14-40-31(26)21-30(39)35(27)49-25-9-10-29(38)28(19-25)36-41-22-32(37)42-36/h5-7,9-10,12,14,18-19,21-22,40H,4,8,11,13,15-17,20H2,1-3H3,(H,41,42). The van der Waals surface area contributed by atoms with Gasteiger partial charge in [0.25, 0.3) is 0 Å². The van der Waals surface area contributed by atoms with Crippen LogP contribution in [0, 0.1) is 11.6 Å². The molecule has 1 amide bonds. The Morgan fingerprint density at radius 3 is 2.72 bits per heavy atom. The number of nitrogens with one attached hydrogen (secondary N) is 2. The molecule has 1 unspecified atom stereocenters. The minimum absolute atomic E-state index is 0.0496. The minimum atomic E-state index is -3.69. The van der Waals surface area contributed by atoms with E-state index in [1.54, 1.807) is 25.4 Å². The maximum atomic E-state index is 15.6. The number of aromatic nitrogens is 3. The zero-order valence-electron chi connectivity index (χ0n) is 28.0. The van der Waals surface area contributed by atoms with Crippen LogP contribution in [0.1, 0.15) is 49.1 Å². The van der Waals surface area contributed by atoms with Crippen LogP contribution < -0.4 is 4.74 Å². The van der Waals surface area contributed by atoms with Gasteiger partial charge in [-0.1, -0.05) is 24.3 Å². The fourth-order valence-electron chi connectivity index (χ4n) is 6.25. The number of esters is 1. The second kappa shape index (κ2) is 14.1. The number of imidazole rings is 1. The van der Waals surface area contributed by atoms with Crippen molar-refractivity contribution in [2.24, 2.45) is 0 Å². The second-order valence-corrected chi connectivity index (χ2v) is 15.0. The fraction of sp³-hybridized carbons (Fsp3) is 0.324. The van der Waals surface area contributed by atoms with Gasteiger partial charge >= 0.3 is 5.97 Å². The van der Waals surface area contributed by atoms with Gasteiger partial charge < -0.3 is 24.3 Å². The molecule has 13 heteroatoms. The van der Waals surface area contributed by atoms with Gasteiger partial charge in [-0.15, -0.1) is 0 Å². The minimum Gasteiger partial charge on any atom is -0.466 e. The fourth-order valence-corrected chi connectivity index (χ4v) is 7.72. The van der Waals surface area contributed by atoms with Gasteiger partial charge in [0.15, 0.2) is 21.4 Å². The predicted octanol–water partition coefficient (Wildman–Crippen LogP) is 6.25. The van der Waals surface area contributed by atoms with Crippen LogP contribution in [0.4, 0.5) is 8.78 Å². The number of fused-ring (bicyclic) bond motifs is 8. The number of ether oxygens (including phenoxy) is 2. The third-order valence-corrected chi connectivity index (χ3v) is 11.0. The summed E-state index contributed by atoms with van der Waals surface area (Å²) in [6.07, 6.45) is 3.66. The van der Waals surface area contributed by atoms with Crippen molar-refractivity contribution < 1.29 is 36.3 Å². The first-order valence-electron chi connectivity index (χ1n) is 16.4. The average Bonchev–Trinajstić information content (AvgIpc) is 3.78. The number of halogens is 2. The Morgan fingerprint density at radius 1 is 1.10 bits per heavy atom. The Kier molecular flexibility index (Phi) is 9.79. The Labute approximate surface area is 288 Å². The molecule has 0 saturated carbocycles. The molecule has 0 radical (unpaired) electrons. The van der Waals surface area contributed by atoms with E-state index in [0.29, 0.717) is 23.0 Å². The van der Waals surface area contributed by atoms with E-state index in [0.717, 1.165) is 11.1 Å². The van der Waals surface area contributed by atoms with Gasteiger partial charge in [0.05, 0.1) is 30.1 Å². The second-order valence-electron chi connectivity index (χ2n) is 12.7. The smallest absolute Gasteiger partial charge is 0.306 e. The van der Waals surface area contributed by atoms with Gasteiger partial charge in [0.2, 0.25) is 5.91 Å². The molecule has 0 saturated heterocycles. The lowest BCUT2D eigenvalue weighted by atomic mass is 9.77. The van der Waals surface area contributed by atoms with Crippen molar-refractivity contribution in [3.8, 4) is 22.9 Å². The quantitative estimate of drug-likeness (QED) is 0.207. The molecule has 10 nitrogen and oxygen atoms in total. The molecule has 3 heterocycles. The topological polar surface area (TPSA) is 134 Å². The van der Waals surface area contributed by atoms with E-state index >= 15 is 8.78 Å². The van der Waals surface area contributed by atoms with E-state index in [1.807, 2.05) is 31.2 Å². The third-order valence-electron chi connectivity index (χ3n) is 9.34. The lowest BCUT2D eigenvalue weighted by Crippen LogP contribution is -2.34. The van der Waals surface area contributed by atoms with Crippen molar-refractivity contribution in [1.29, 1.82) is 0 Å². The molecular formula is C37H38F2N4O6S. The van der Waals surface area contributed by atoms with E-state index < -0.39 is 32.8 Å². The highest BCUT2D eigenvalue weighted by Crippen LogP contribution is 2.39. The van der Waals surface area contributed by atoms with Crippen molar-refractivity contribution in [2.45, 2.75) is 44.9 Å². The van der Waals surface area contributed by atoms with Gasteiger partial charge in [0, 0.05) is 66.0 Å². The molecule has 0 fully saturated rings. The van der Waals surface area contributed by atoms with Gasteiger partial charge in [-0.05, 0) is 62.1 Å². The molecule has 4 bridgehead atoms. The van der Waals surface area contributed by atoms with Crippen molar-refractivity contribution in [2.75, 3.05) is 31.7 Å². The van der Waals surface area contributed by atoms with Crippen LogP contribution in [0.3, 0.4) is 0 Å². The van der Waals surface area contributed by atoms with Crippen LogP contribution in [-0.4, -0.2) is 71.9 Å². The van der Waals surface area contributed by atoms with E-state index in [1.165, 1.54) is 36.2 Å². The van der Waals surface area contributed by atoms with Gasteiger partial charge in [-0.3, -0.25) is 9.59 Å². The summed E-state index contributed by atoms with van der Waals surface area (Å²) < 4.78 is 69.2. The number of carbonyl (C=O) groups excluding carboxylic acids is 2. The molecule has 6 rings (SSSR count). The maximum absolute atomic E-state index is 15.6. The van der Waals surface area contributed by atoms with Crippen LogP contribution >= 0.6 is 0 Å². The number of carbonyl (C=O) groups is 2. The number of sulfone groups is 1. The number of hydrogen-bond donors (Lipinski definition) is 2. The summed E-state index contributed by atoms with van der Waals surface area (Å²) in [5.41, 5.74) is 2.00. The highest BCUT2D eigenvalue weighted by atomic mass is 32.2. The summed E-state index contributed by atoms with van der Waals surface area (Å²) in [6.45, 7) is 3.85. The summed E-state index contributed by atoms with van der Waals surface area (Å²) in [5, 5.41) is 0.562. The Balaban J connectivity index is 1.45. The molecule has 1 atom stereocenters. The summed E-state index contributed by atoms with van der Waals surface area (Å²) >= 11 is 0. The third kappa shape index (κ3) is 7.28. The highest BCUT2D eigenvalue weighted by molar-refractivity contribution is 7.91. The SMILES string of the molecule is CCOC(=O)CCc1cccc(C2(C)CCS(=O)(=O)CCN(C)C(=O)Cc3c(c(F)cc4[nH]ccc34)Oc3ccc(F)c(c3)-c3ncc2[nH]3)c1. The number of aryl methyl sites for hydroxylation is 1.